The minimum absolute atomic E-state index is 0.142. The lowest BCUT2D eigenvalue weighted by atomic mass is 9.91. The largest absolute Gasteiger partial charge is 0.492 e. The van der Waals surface area contributed by atoms with E-state index in [4.69, 9.17) is 5.26 Å². The zero-order chi connectivity index (χ0) is 8.91. The smallest absolute Gasteiger partial charge is 0.448 e. The zero-order valence-corrected chi connectivity index (χ0v) is 6.23. The van der Waals surface area contributed by atoms with Crippen molar-refractivity contribution >= 4 is 6.98 Å². The van der Waals surface area contributed by atoms with Crippen molar-refractivity contribution in [3.8, 4) is 6.07 Å². The van der Waals surface area contributed by atoms with Gasteiger partial charge >= 0.3 is 6.98 Å². The van der Waals surface area contributed by atoms with Crippen molar-refractivity contribution < 1.29 is 12.9 Å². The van der Waals surface area contributed by atoms with E-state index >= 15 is 0 Å². The summed E-state index contributed by atoms with van der Waals surface area (Å²) in [5.41, 5.74) is 0. The van der Waals surface area contributed by atoms with Crippen molar-refractivity contribution in [3.63, 3.8) is 0 Å². The van der Waals surface area contributed by atoms with Crippen molar-refractivity contribution in [2.24, 2.45) is 0 Å². The average Bonchev–Trinajstić information content (AvgIpc) is 1.79. The highest BCUT2D eigenvalue weighted by Gasteiger charge is 2.24. The van der Waals surface area contributed by atoms with Crippen LogP contribution >= 0.6 is 0 Å². The van der Waals surface area contributed by atoms with E-state index in [9.17, 15) is 12.9 Å². The summed E-state index contributed by atoms with van der Waals surface area (Å²) in [6.45, 7) is -4.57. The highest BCUT2D eigenvalue weighted by atomic mass is 19.4. The summed E-state index contributed by atoms with van der Waals surface area (Å²) in [4.78, 5) is 1.10. The molecule has 0 aromatic rings. The second kappa shape index (κ2) is 4.24. The van der Waals surface area contributed by atoms with Crippen molar-refractivity contribution in [1.29, 1.82) is 5.26 Å². The van der Waals surface area contributed by atoms with Gasteiger partial charge in [-0.05, 0) is 13.5 Å². The molecule has 0 spiro atoms. The molecule has 0 radical (unpaired) electrons. The fourth-order valence-electron chi connectivity index (χ4n) is 0.686. The van der Waals surface area contributed by atoms with Crippen molar-refractivity contribution in [3.05, 3.63) is 0 Å². The zero-order valence-electron chi connectivity index (χ0n) is 6.23. The molecule has 0 heterocycles. The third-order valence-corrected chi connectivity index (χ3v) is 1.12. The molecule has 0 unspecified atom stereocenters. The van der Waals surface area contributed by atoms with E-state index in [2.05, 4.69) is 0 Å². The molecule has 0 N–H and O–H groups in total. The molecule has 0 atom stereocenters. The highest BCUT2D eigenvalue weighted by molar-refractivity contribution is 6.58. The first kappa shape index (κ1) is 10.3. The standard InChI is InChI=1S/C5H9BF3N2/c1-11(4-2-3-10)5-6(7,8)9/h2,4-5H2,1H3/q-1. The van der Waals surface area contributed by atoms with Gasteiger partial charge in [-0.15, -0.1) is 0 Å². The Hall–Kier alpha value is -0.695. The summed E-state index contributed by atoms with van der Waals surface area (Å²) in [6, 6.07) is 1.78. The predicted molar refractivity (Wildman–Crippen MR) is 36.8 cm³/mol. The van der Waals surface area contributed by atoms with Gasteiger partial charge in [-0.1, -0.05) is 0 Å². The van der Waals surface area contributed by atoms with E-state index in [1.165, 1.54) is 7.05 Å². The Morgan fingerprint density at radius 2 is 2.00 bits per heavy atom. The Labute approximate surface area is 63.7 Å². The first-order valence-corrected chi connectivity index (χ1v) is 3.22. The normalized spacial score (nSPS) is 11.6. The summed E-state index contributed by atoms with van der Waals surface area (Å²) < 4.78 is 35.0. The summed E-state index contributed by atoms with van der Waals surface area (Å²) >= 11 is 0. The number of rotatable bonds is 4. The number of hydrogen-bond donors (Lipinski definition) is 0. The monoisotopic (exact) mass is 165 g/mol. The molecule has 0 aliphatic heterocycles. The first-order chi connectivity index (χ1) is 4.95. The lowest BCUT2D eigenvalue weighted by Gasteiger charge is -2.22. The topological polar surface area (TPSA) is 27.0 Å². The molecule has 0 aliphatic carbocycles. The van der Waals surface area contributed by atoms with Gasteiger partial charge in [-0.25, -0.2) is 0 Å². The van der Waals surface area contributed by atoms with E-state index in [0.717, 1.165) is 4.90 Å². The molecule has 0 aliphatic rings. The Bertz CT molecular complexity index is 151. The predicted octanol–water partition coefficient (Wildman–Crippen LogP) is 1.22. The van der Waals surface area contributed by atoms with Crippen LogP contribution in [0.5, 0.6) is 0 Å². The van der Waals surface area contributed by atoms with Gasteiger partial charge < -0.3 is 17.8 Å². The molecule has 0 saturated carbocycles. The van der Waals surface area contributed by atoms with E-state index in [1.54, 1.807) is 6.07 Å². The number of nitriles is 1. The Morgan fingerprint density at radius 1 is 1.45 bits per heavy atom. The average molecular weight is 165 g/mol. The molecule has 0 rings (SSSR count). The fraction of sp³-hybridized carbons (Fsp3) is 0.800. The number of nitrogens with zero attached hydrogens (tertiary/aromatic N) is 2. The van der Waals surface area contributed by atoms with Gasteiger partial charge in [0.15, 0.2) is 0 Å². The Balaban J connectivity index is 3.54. The summed E-state index contributed by atoms with van der Waals surface area (Å²) in [6.07, 6.45) is -0.746. The minimum atomic E-state index is -4.74. The molecule has 0 aromatic heterocycles. The van der Waals surface area contributed by atoms with Gasteiger partial charge in [-0.3, -0.25) is 0 Å². The molecule has 0 amide bonds. The SMILES string of the molecule is CN(CCC#N)C[B-](F)(F)F. The van der Waals surface area contributed by atoms with Crippen LogP contribution in [-0.2, 0) is 0 Å². The van der Waals surface area contributed by atoms with Crippen LogP contribution in [0.4, 0.5) is 12.9 Å². The summed E-state index contributed by atoms with van der Waals surface area (Å²) in [7, 11) is 1.35. The molecular weight excluding hydrogens is 156 g/mol. The van der Waals surface area contributed by atoms with Crippen LogP contribution < -0.4 is 0 Å². The quantitative estimate of drug-likeness (QED) is 0.585. The Kier molecular flexibility index (Phi) is 3.97. The van der Waals surface area contributed by atoms with Gasteiger partial charge in [0.25, 0.3) is 0 Å². The van der Waals surface area contributed by atoms with Crippen LogP contribution in [0, 0.1) is 11.3 Å². The van der Waals surface area contributed by atoms with E-state index in [1.807, 2.05) is 0 Å². The molecule has 2 nitrogen and oxygen atoms in total. The molecule has 0 bridgehead atoms. The molecule has 6 heteroatoms. The van der Waals surface area contributed by atoms with Crippen molar-refractivity contribution in [1.82, 2.24) is 4.90 Å². The maximum Gasteiger partial charge on any atom is 0.492 e. The van der Waals surface area contributed by atoms with E-state index in [-0.39, 0.29) is 13.0 Å². The minimum Gasteiger partial charge on any atom is -0.448 e. The maximum atomic E-state index is 11.7. The fourth-order valence-corrected chi connectivity index (χ4v) is 0.686. The van der Waals surface area contributed by atoms with E-state index in [0.29, 0.717) is 0 Å². The van der Waals surface area contributed by atoms with Crippen LogP contribution in [0.1, 0.15) is 6.42 Å². The molecule has 11 heavy (non-hydrogen) atoms. The molecule has 64 valence electrons. The van der Waals surface area contributed by atoms with Crippen LogP contribution in [0.25, 0.3) is 0 Å². The molecule has 0 fully saturated rings. The second-order valence-corrected chi connectivity index (χ2v) is 2.38. The van der Waals surface area contributed by atoms with Crippen LogP contribution in [0.3, 0.4) is 0 Å². The second-order valence-electron chi connectivity index (χ2n) is 2.38. The molecule has 0 aromatic carbocycles. The third kappa shape index (κ3) is 7.20. The molecule has 0 saturated heterocycles. The van der Waals surface area contributed by atoms with Gasteiger partial charge in [0, 0.05) is 13.0 Å². The molecular formula is C5H9BF3N2-. The van der Waals surface area contributed by atoms with Gasteiger partial charge in [0.05, 0.1) is 6.07 Å². The lowest BCUT2D eigenvalue weighted by molar-refractivity contribution is 0.334. The van der Waals surface area contributed by atoms with Crippen LogP contribution in [0.15, 0.2) is 0 Å². The highest BCUT2D eigenvalue weighted by Crippen LogP contribution is 2.08. The van der Waals surface area contributed by atoms with Gasteiger partial charge in [0.2, 0.25) is 0 Å². The number of hydrogen-bond acceptors (Lipinski definition) is 2. The summed E-state index contributed by atoms with van der Waals surface area (Å²) in [5.74, 6) is 0. The van der Waals surface area contributed by atoms with Crippen molar-refractivity contribution in [2.45, 2.75) is 6.42 Å². The van der Waals surface area contributed by atoms with Crippen LogP contribution in [0.2, 0.25) is 0 Å². The van der Waals surface area contributed by atoms with Crippen LogP contribution in [-0.4, -0.2) is 31.9 Å². The van der Waals surface area contributed by atoms with Gasteiger partial charge in [-0.2, -0.15) is 5.26 Å². The van der Waals surface area contributed by atoms with Gasteiger partial charge in [0.1, 0.15) is 0 Å². The third-order valence-electron chi connectivity index (χ3n) is 1.12. The van der Waals surface area contributed by atoms with E-state index < -0.39 is 13.4 Å². The number of halogens is 3. The Morgan fingerprint density at radius 3 is 2.36 bits per heavy atom. The van der Waals surface area contributed by atoms with Crippen molar-refractivity contribution in [2.75, 3.05) is 20.0 Å². The lowest BCUT2D eigenvalue weighted by Crippen LogP contribution is -2.35. The summed E-state index contributed by atoms with van der Waals surface area (Å²) in [5, 5.41) is 8.06. The first-order valence-electron chi connectivity index (χ1n) is 3.22. The maximum absolute atomic E-state index is 11.7.